The molecule has 5 rings (SSSR count). The molecule has 2 heterocycles. The molecule has 7 heteroatoms. The number of rotatable bonds is 4. The maximum atomic E-state index is 13.5. The first-order valence-electron chi connectivity index (χ1n) is 11.0. The van der Waals surface area contributed by atoms with Crippen LogP contribution in [0.5, 0.6) is 5.75 Å². The third kappa shape index (κ3) is 3.58. The van der Waals surface area contributed by atoms with Gasteiger partial charge in [0.05, 0.1) is 24.4 Å². The number of hydrogen-bond acceptors (Lipinski definition) is 4. The molecule has 3 aromatic rings. The van der Waals surface area contributed by atoms with Gasteiger partial charge in [-0.25, -0.2) is 9.69 Å². The smallest absolute Gasteiger partial charge is 0.329 e. The second-order valence-corrected chi connectivity index (χ2v) is 8.75. The van der Waals surface area contributed by atoms with Crippen molar-refractivity contribution in [3.05, 3.63) is 65.4 Å². The van der Waals surface area contributed by atoms with E-state index in [4.69, 9.17) is 16.3 Å². The SMILES string of the molecule is CCOc1ccc(Cl)c(C2CCC3C(=O)N(c4cncc5ccccc45)C(=O)NC3C2)c1. The summed E-state index contributed by atoms with van der Waals surface area (Å²) in [4.78, 5) is 32.0. The molecule has 1 saturated heterocycles. The number of pyridine rings is 1. The van der Waals surface area contributed by atoms with E-state index in [1.165, 1.54) is 4.90 Å². The van der Waals surface area contributed by atoms with E-state index in [1.54, 1.807) is 12.4 Å². The summed E-state index contributed by atoms with van der Waals surface area (Å²) in [5.41, 5.74) is 1.54. The molecular formula is C25H24ClN3O3. The minimum atomic E-state index is -0.399. The van der Waals surface area contributed by atoms with Crippen LogP contribution in [-0.4, -0.2) is 29.6 Å². The van der Waals surface area contributed by atoms with Gasteiger partial charge in [0.25, 0.3) is 0 Å². The molecule has 6 nitrogen and oxygen atoms in total. The molecule has 2 aliphatic rings. The van der Waals surface area contributed by atoms with Crippen LogP contribution in [0.3, 0.4) is 0 Å². The summed E-state index contributed by atoms with van der Waals surface area (Å²) in [6.07, 6.45) is 5.49. The number of ether oxygens (including phenoxy) is 1. The van der Waals surface area contributed by atoms with Crippen LogP contribution in [0.25, 0.3) is 10.8 Å². The summed E-state index contributed by atoms with van der Waals surface area (Å²) in [7, 11) is 0. The maximum absolute atomic E-state index is 13.5. The topological polar surface area (TPSA) is 71.5 Å². The van der Waals surface area contributed by atoms with E-state index < -0.39 is 6.03 Å². The highest BCUT2D eigenvalue weighted by Crippen LogP contribution is 2.42. The van der Waals surface area contributed by atoms with Gasteiger partial charge in [0, 0.05) is 28.0 Å². The lowest BCUT2D eigenvalue weighted by Gasteiger charge is -2.42. The van der Waals surface area contributed by atoms with Gasteiger partial charge in [0.1, 0.15) is 5.75 Å². The molecule has 1 saturated carbocycles. The number of hydrogen-bond donors (Lipinski definition) is 1. The molecule has 164 valence electrons. The van der Waals surface area contributed by atoms with E-state index in [9.17, 15) is 9.59 Å². The molecule has 1 aromatic heterocycles. The predicted octanol–water partition coefficient (Wildman–Crippen LogP) is 5.30. The summed E-state index contributed by atoms with van der Waals surface area (Å²) in [6, 6.07) is 12.7. The molecule has 2 aromatic carbocycles. The van der Waals surface area contributed by atoms with Gasteiger partial charge in [-0.3, -0.25) is 9.78 Å². The van der Waals surface area contributed by atoms with Crippen molar-refractivity contribution in [2.24, 2.45) is 5.92 Å². The number of carbonyl (C=O) groups excluding carboxylic acids is 2. The highest BCUT2D eigenvalue weighted by molar-refractivity contribution is 6.31. The fourth-order valence-electron chi connectivity index (χ4n) is 5.00. The van der Waals surface area contributed by atoms with E-state index in [1.807, 2.05) is 49.4 Å². The largest absolute Gasteiger partial charge is 0.494 e. The van der Waals surface area contributed by atoms with Gasteiger partial charge < -0.3 is 10.1 Å². The van der Waals surface area contributed by atoms with Crippen molar-refractivity contribution in [1.29, 1.82) is 0 Å². The van der Waals surface area contributed by atoms with E-state index in [0.717, 1.165) is 28.5 Å². The molecule has 0 bridgehead atoms. The van der Waals surface area contributed by atoms with E-state index >= 15 is 0 Å². The monoisotopic (exact) mass is 449 g/mol. The van der Waals surface area contributed by atoms with Gasteiger partial charge in [-0.2, -0.15) is 0 Å². The zero-order valence-electron chi connectivity index (χ0n) is 17.8. The Morgan fingerprint density at radius 1 is 1.16 bits per heavy atom. The Kier molecular flexibility index (Phi) is 5.47. The number of carbonyl (C=O) groups is 2. The van der Waals surface area contributed by atoms with Crippen molar-refractivity contribution in [2.45, 2.75) is 38.1 Å². The Balaban J connectivity index is 1.41. The second-order valence-electron chi connectivity index (χ2n) is 8.34. The van der Waals surface area contributed by atoms with Crippen LogP contribution < -0.4 is 15.0 Å². The first kappa shape index (κ1) is 20.8. The summed E-state index contributed by atoms with van der Waals surface area (Å²) in [6.45, 7) is 2.53. The van der Waals surface area contributed by atoms with Crippen LogP contribution in [0.1, 0.15) is 37.7 Å². The number of anilines is 1. The van der Waals surface area contributed by atoms with Crippen LogP contribution in [0.4, 0.5) is 10.5 Å². The highest BCUT2D eigenvalue weighted by atomic mass is 35.5. The third-order valence-corrected chi connectivity index (χ3v) is 6.85. The molecule has 0 radical (unpaired) electrons. The molecule has 1 aliphatic carbocycles. The van der Waals surface area contributed by atoms with Crippen molar-refractivity contribution in [3.63, 3.8) is 0 Å². The number of urea groups is 1. The summed E-state index contributed by atoms with van der Waals surface area (Å²) in [5, 5.41) is 5.49. The van der Waals surface area contributed by atoms with E-state index in [0.29, 0.717) is 30.2 Å². The molecule has 2 fully saturated rings. The maximum Gasteiger partial charge on any atom is 0.329 e. The fraction of sp³-hybridized carbons (Fsp3) is 0.320. The third-order valence-electron chi connectivity index (χ3n) is 6.51. The fourth-order valence-corrected chi connectivity index (χ4v) is 5.27. The molecule has 3 unspecified atom stereocenters. The Bertz CT molecular complexity index is 1190. The second kappa shape index (κ2) is 8.43. The number of nitrogens with zero attached hydrogens (tertiary/aromatic N) is 2. The van der Waals surface area contributed by atoms with E-state index in [2.05, 4.69) is 10.3 Å². The lowest BCUT2D eigenvalue weighted by atomic mass is 9.74. The van der Waals surface area contributed by atoms with Crippen LogP contribution in [-0.2, 0) is 4.79 Å². The molecule has 3 atom stereocenters. The molecule has 32 heavy (non-hydrogen) atoms. The van der Waals surface area contributed by atoms with Crippen molar-refractivity contribution in [3.8, 4) is 5.75 Å². The minimum Gasteiger partial charge on any atom is -0.494 e. The Hall–Kier alpha value is -3.12. The van der Waals surface area contributed by atoms with Gasteiger partial charge in [-0.1, -0.05) is 35.9 Å². The number of imide groups is 1. The highest BCUT2D eigenvalue weighted by Gasteiger charge is 2.45. The van der Waals surface area contributed by atoms with Crippen molar-refractivity contribution in [2.75, 3.05) is 11.5 Å². The zero-order valence-corrected chi connectivity index (χ0v) is 18.5. The van der Waals surface area contributed by atoms with Gasteiger partial charge >= 0.3 is 6.03 Å². The van der Waals surface area contributed by atoms with Crippen molar-refractivity contribution >= 4 is 40.0 Å². The lowest BCUT2D eigenvalue weighted by Crippen LogP contribution is -2.61. The number of benzene rings is 2. The Morgan fingerprint density at radius 3 is 2.84 bits per heavy atom. The molecular weight excluding hydrogens is 426 g/mol. The molecule has 0 spiro atoms. The van der Waals surface area contributed by atoms with Crippen LogP contribution >= 0.6 is 11.6 Å². The number of amides is 3. The number of nitrogens with one attached hydrogen (secondary N) is 1. The quantitative estimate of drug-likeness (QED) is 0.587. The number of aromatic nitrogens is 1. The van der Waals surface area contributed by atoms with Gasteiger partial charge in [-0.15, -0.1) is 0 Å². The standard InChI is InChI=1S/C25H24ClN3O3/c1-2-32-17-8-10-21(26)20(12-17)15-7-9-19-22(11-15)28-25(31)29(24(19)30)23-14-27-13-16-5-3-4-6-18(16)23/h3-6,8,10,12-15,19,22H,2,7,9,11H2,1H3,(H,28,31). The average molecular weight is 450 g/mol. The first-order valence-corrected chi connectivity index (χ1v) is 11.3. The van der Waals surface area contributed by atoms with Crippen LogP contribution in [0, 0.1) is 5.92 Å². The summed E-state index contributed by atoms with van der Waals surface area (Å²) >= 11 is 6.50. The Morgan fingerprint density at radius 2 is 2.00 bits per heavy atom. The average Bonchev–Trinajstić information content (AvgIpc) is 2.80. The van der Waals surface area contributed by atoms with Crippen LogP contribution in [0.2, 0.25) is 5.02 Å². The van der Waals surface area contributed by atoms with Gasteiger partial charge in [-0.05, 0) is 55.9 Å². The van der Waals surface area contributed by atoms with Crippen molar-refractivity contribution < 1.29 is 14.3 Å². The number of fused-ring (bicyclic) bond motifs is 2. The normalized spacial score (nSPS) is 23.1. The lowest BCUT2D eigenvalue weighted by molar-refractivity contribution is -0.124. The zero-order chi connectivity index (χ0) is 22.2. The predicted molar refractivity (Wildman–Crippen MR) is 124 cm³/mol. The molecule has 1 N–H and O–H groups in total. The van der Waals surface area contributed by atoms with Gasteiger partial charge in [0.2, 0.25) is 5.91 Å². The van der Waals surface area contributed by atoms with E-state index in [-0.39, 0.29) is 23.8 Å². The van der Waals surface area contributed by atoms with Crippen molar-refractivity contribution in [1.82, 2.24) is 10.3 Å². The molecule has 1 aliphatic heterocycles. The Labute approximate surface area is 191 Å². The summed E-state index contributed by atoms with van der Waals surface area (Å²) in [5.74, 6) is 0.511. The van der Waals surface area contributed by atoms with Crippen LogP contribution in [0.15, 0.2) is 54.9 Å². The summed E-state index contributed by atoms with van der Waals surface area (Å²) < 4.78 is 5.64. The van der Waals surface area contributed by atoms with Gasteiger partial charge in [0.15, 0.2) is 0 Å². The molecule has 3 amide bonds. The number of halogens is 1. The minimum absolute atomic E-state index is 0.156. The first-order chi connectivity index (χ1) is 15.6.